The molecule has 1 aliphatic carbocycles. The van der Waals surface area contributed by atoms with Gasteiger partial charge in [-0.25, -0.2) is 0 Å². The van der Waals surface area contributed by atoms with Crippen molar-refractivity contribution in [2.45, 2.75) is 147 Å². The number of rotatable bonds is 17. The van der Waals surface area contributed by atoms with E-state index < -0.39 is 0 Å². The van der Waals surface area contributed by atoms with Gasteiger partial charge in [-0.1, -0.05) is 116 Å². The standard InChI is InChI=1S/C24H46ClNO/c1-2-3-4-5-6-7-8-9-10-11-12-13-14-18-21-23(25)24(27)26-22-19-16-15-17-20-22/h22-23H,2-21H2,1H3,(H,26,27). The van der Waals surface area contributed by atoms with Crippen molar-refractivity contribution >= 4 is 17.5 Å². The van der Waals surface area contributed by atoms with Crippen LogP contribution in [0.15, 0.2) is 0 Å². The Bertz CT molecular complexity index is 341. The number of unbranched alkanes of at least 4 members (excludes halogenated alkanes) is 13. The van der Waals surface area contributed by atoms with Crippen LogP contribution < -0.4 is 5.32 Å². The van der Waals surface area contributed by atoms with Gasteiger partial charge in [-0.15, -0.1) is 11.6 Å². The molecule has 0 aromatic rings. The van der Waals surface area contributed by atoms with Gasteiger partial charge >= 0.3 is 0 Å². The SMILES string of the molecule is CCCCCCCCCCCCCCCCC(Cl)C(=O)NC1CCCCC1. The van der Waals surface area contributed by atoms with Crippen LogP contribution in [-0.4, -0.2) is 17.3 Å². The number of carbonyl (C=O) groups is 1. The number of nitrogens with one attached hydrogen (secondary N) is 1. The molecule has 3 heteroatoms. The van der Waals surface area contributed by atoms with Crippen molar-refractivity contribution in [2.75, 3.05) is 0 Å². The Balaban J connectivity index is 1.82. The molecule has 1 amide bonds. The highest BCUT2D eigenvalue weighted by atomic mass is 35.5. The zero-order chi connectivity index (χ0) is 19.6. The van der Waals surface area contributed by atoms with Crippen LogP contribution in [0.3, 0.4) is 0 Å². The summed E-state index contributed by atoms with van der Waals surface area (Å²) >= 11 is 6.29. The number of hydrogen-bond donors (Lipinski definition) is 1. The van der Waals surface area contributed by atoms with E-state index >= 15 is 0 Å². The van der Waals surface area contributed by atoms with Crippen LogP contribution >= 0.6 is 11.6 Å². The van der Waals surface area contributed by atoms with Gasteiger partial charge in [-0.2, -0.15) is 0 Å². The van der Waals surface area contributed by atoms with Crippen LogP contribution in [0, 0.1) is 0 Å². The molecule has 1 fully saturated rings. The number of alkyl halides is 1. The van der Waals surface area contributed by atoms with Crippen molar-refractivity contribution in [1.82, 2.24) is 5.32 Å². The average Bonchev–Trinajstić information content (AvgIpc) is 2.68. The monoisotopic (exact) mass is 399 g/mol. The van der Waals surface area contributed by atoms with Crippen molar-refractivity contribution < 1.29 is 4.79 Å². The molecule has 0 heterocycles. The molecule has 0 radical (unpaired) electrons. The van der Waals surface area contributed by atoms with E-state index in [1.54, 1.807) is 0 Å². The number of carbonyl (C=O) groups excluding carboxylic acids is 1. The molecule has 0 aromatic heterocycles. The normalized spacial score (nSPS) is 16.4. The quantitative estimate of drug-likeness (QED) is 0.195. The van der Waals surface area contributed by atoms with E-state index in [1.807, 2.05) is 0 Å². The first-order valence-corrected chi connectivity index (χ1v) is 12.6. The van der Waals surface area contributed by atoms with Crippen LogP contribution in [0.5, 0.6) is 0 Å². The maximum absolute atomic E-state index is 12.1. The van der Waals surface area contributed by atoms with Gasteiger partial charge in [0.1, 0.15) is 5.38 Å². The maximum Gasteiger partial charge on any atom is 0.238 e. The molecule has 1 rings (SSSR count). The lowest BCUT2D eigenvalue weighted by Gasteiger charge is -2.23. The second-order valence-electron chi connectivity index (χ2n) is 8.70. The van der Waals surface area contributed by atoms with E-state index in [9.17, 15) is 4.79 Å². The van der Waals surface area contributed by atoms with Crippen LogP contribution in [0.4, 0.5) is 0 Å². The summed E-state index contributed by atoms with van der Waals surface area (Å²) in [4.78, 5) is 12.1. The lowest BCUT2D eigenvalue weighted by atomic mass is 9.95. The van der Waals surface area contributed by atoms with Crippen molar-refractivity contribution in [1.29, 1.82) is 0 Å². The molecule has 2 nitrogen and oxygen atoms in total. The first-order chi connectivity index (χ1) is 13.2. The molecule has 0 aliphatic heterocycles. The van der Waals surface area contributed by atoms with Gasteiger partial charge < -0.3 is 5.32 Å². The third-order valence-electron chi connectivity index (χ3n) is 6.05. The predicted molar refractivity (Wildman–Crippen MR) is 120 cm³/mol. The van der Waals surface area contributed by atoms with Crippen LogP contribution in [0.2, 0.25) is 0 Å². The van der Waals surface area contributed by atoms with Gasteiger partial charge in [-0.05, 0) is 19.3 Å². The van der Waals surface area contributed by atoms with E-state index in [4.69, 9.17) is 11.6 Å². The van der Waals surface area contributed by atoms with E-state index in [1.165, 1.54) is 103 Å². The molecule has 1 N–H and O–H groups in total. The summed E-state index contributed by atoms with van der Waals surface area (Å²) in [6.45, 7) is 2.28. The number of hydrogen-bond acceptors (Lipinski definition) is 1. The fraction of sp³-hybridized carbons (Fsp3) is 0.958. The third-order valence-corrected chi connectivity index (χ3v) is 6.46. The fourth-order valence-corrected chi connectivity index (χ4v) is 4.41. The highest BCUT2D eigenvalue weighted by Gasteiger charge is 2.20. The van der Waals surface area contributed by atoms with E-state index in [2.05, 4.69) is 12.2 Å². The van der Waals surface area contributed by atoms with E-state index in [0.29, 0.717) is 6.04 Å². The lowest BCUT2D eigenvalue weighted by Crippen LogP contribution is -2.40. The molecule has 0 spiro atoms. The second-order valence-corrected chi connectivity index (χ2v) is 9.22. The zero-order valence-electron chi connectivity index (χ0n) is 18.1. The van der Waals surface area contributed by atoms with Crippen LogP contribution in [0.25, 0.3) is 0 Å². The summed E-state index contributed by atoms with van der Waals surface area (Å²) in [5.41, 5.74) is 0. The predicted octanol–water partition coefficient (Wildman–Crippen LogP) is 7.91. The summed E-state index contributed by atoms with van der Waals surface area (Å²) < 4.78 is 0. The molecule has 0 aromatic carbocycles. The van der Waals surface area contributed by atoms with Crippen molar-refractivity contribution in [3.05, 3.63) is 0 Å². The smallest absolute Gasteiger partial charge is 0.238 e. The maximum atomic E-state index is 12.1. The molecule has 27 heavy (non-hydrogen) atoms. The zero-order valence-corrected chi connectivity index (χ0v) is 18.8. The van der Waals surface area contributed by atoms with E-state index in [0.717, 1.165) is 25.7 Å². The largest absolute Gasteiger partial charge is 0.352 e. The molecule has 1 saturated carbocycles. The van der Waals surface area contributed by atoms with Gasteiger partial charge in [0.15, 0.2) is 0 Å². The van der Waals surface area contributed by atoms with Gasteiger partial charge in [0.2, 0.25) is 5.91 Å². The topological polar surface area (TPSA) is 29.1 Å². The van der Waals surface area contributed by atoms with Gasteiger partial charge in [0.05, 0.1) is 0 Å². The molecule has 1 aliphatic rings. The minimum Gasteiger partial charge on any atom is -0.352 e. The highest BCUT2D eigenvalue weighted by molar-refractivity contribution is 6.30. The van der Waals surface area contributed by atoms with Crippen LogP contribution in [-0.2, 0) is 4.79 Å². The lowest BCUT2D eigenvalue weighted by molar-refractivity contribution is -0.121. The molecule has 1 atom stereocenters. The summed E-state index contributed by atoms with van der Waals surface area (Å²) in [5.74, 6) is 0.0678. The Morgan fingerprint density at radius 1 is 0.778 bits per heavy atom. The Hall–Kier alpha value is -0.240. The third kappa shape index (κ3) is 14.4. The molecule has 0 bridgehead atoms. The summed E-state index contributed by atoms with van der Waals surface area (Å²) in [6, 6.07) is 0.379. The molecule has 1 unspecified atom stereocenters. The first kappa shape index (κ1) is 24.8. The van der Waals surface area contributed by atoms with Crippen molar-refractivity contribution in [3.8, 4) is 0 Å². The van der Waals surface area contributed by atoms with Crippen molar-refractivity contribution in [3.63, 3.8) is 0 Å². The summed E-state index contributed by atoms with van der Waals surface area (Å²) in [7, 11) is 0. The first-order valence-electron chi connectivity index (χ1n) is 12.2. The molecular weight excluding hydrogens is 354 g/mol. The minimum atomic E-state index is -0.329. The number of halogens is 1. The summed E-state index contributed by atoms with van der Waals surface area (Å²) in [5, 5.41) is 2.82. The van der Waals surface area contributed by atoms with E-state index in [-0.39, 0.29) is 11.3 Å². The van der Waals surface area contributed by atoms with Crippen molar-refractivity contribution in [2.24, 2.45) is 0 Å². The fourth-order valence-electron chi connectivity index (χ4n) is 4.19. The Morgan fingerprint density at radius 3 is 1.70 bits per heavy atom. The Kier molecular flexibility index (Phi) is 16.4. The molecule has 160 valence electrons. The van der Waals surface area contributed by atoms with Gasteiger partial charge in [0, 0.05) is 6.04 Å². The Labute approximate surface area is 174 Å². The van der Waals surface area contributed by atoms with Crippen LogP contribution in [0.1, 0.15) is 135 Å². The number of amides is 1. The average molecular weight is 400 g/mol. The Morgan fingerprint density at radius 2 is 1.22 bits per heavy atom. The second kappa shape index (κ2) is 17.8. The highest BCUT2D eigenvalue weighted by Crippen LogP contribution is 2.19. The minimum absolute atomic E-state index is 0.0678. The van der Waals surface area contributed by atoms with Gasteiger partial charge in [-0.3, -0.25) is 4.79 Å². The van der Waals surface area contributed by atoms with Gasteiger partial charge in [0.25, 0.3) is 0 Å². The summed E-state index contributed by atoms with van der Waals surface area (Å²) in [6.07, 6.45) is 26.0. The molecular formula is C24H46ClNO. The molecule has 0 saturated heterocycles.